The largest absolute Gasteiger partial charge is 0.442 e. The molecule has 4 N–H and O–H groups in total. The first-order valence-corrected chi connectivity index (χ1v) is 9.55. The second-order valence-corrected chi connectivity index (χ2v) is 7.44. The van der Waals surface area contributed by atoms with Crippen LogP contribution in [0.2, 0.25) is 0 Å². The summed E-state index contributed by atoms with van der Waals surface area (Å²) >= 11 is 0. The molecule has 156 valence electrons. The van der Waals surface area contributed by atoms with Crippen molar-refractivity contribution in [2.24, 2.45) is 5.73 Å². The van der Waals surface area contributed by atoms with Gasteiger partial charge in [0.2, 0.25) is 5.91 Å². The van der Waals surface area contributed by atoms with E-state index in [4.69, 9.17) is 15.9 Å². The van der Waals surface area contributed by atoms with Gasteiger partial charge in [-0.05, 0) is 41.0 Å². The number of anilines is 1. The fourth-order valence-electron chi connectivity index (χ4n) is 3.73. The normalized spacial score (nSPS) is 17.7. The molecule has 2 amide bonds. The highest BCUT2D eigenvalue weighted by Crippen LogP contribution is 2.32. The number of nitrogens with zero attached hydrogens (tertiary/aromatic N) is 2. The van der Waals surface area contributed by atoms with Crippen molar-refractivity contribution < 1.29 is 18.7 Å². The lowest BCUT2D eigenvalue weighted by molar-refractivity contribution is -0.119. The summed E-state index contributed by atoms with van der Waals surface area (Å²) in [4.78, 5) is 26.3. The van der Waals surface area contributed by atoms with Crippen molar-refractivity contribution in [2.45, 2.75) is 26.1 Å². The minimum atomic E-state index is -0.570. The zero-order chi connectivity index (χ0) is 21.4. The molecule has 1 atom stereocenters. The van der Waals surface area contributed by atoms with Gasteiger partial charge in [-0.1, -0.05) is 12.1 Å². The van der Waals surface area contributed by atoms with E-state index in [-0.39, 0.29) is 25.0 Å². The van der Waals surface area contributed by atoms with Gasteiger partial charge in [-0.2, -0.15) is 0 Å². The van der Waals surface area contributed by atoms with Crippen LogP contribution in [-0.4, -0.2) is 42.1 Å². The third kappa shape index (κ3) is 3.78. The predicted octanol–water partition coefficient (Wildman–Crippen LogP) is 2.16. The zero-order valence-electron chi connectivity index (χ0n) is 16.4. The van der Waals surface area contributed by atoms with E-state index < -0.39 is 18.0 Å². The molecular weight excluding hydrogens is 389 g/mol. The molecule has 2 aliphatic heterocycles. The molecule has 0 saturated carbocycles. The number of fused-ring (bicyclic) bond motifs is 1. The highest BCUT2D eigenvalue weighted by atomic mass is 19.1. The van der Waals surface area contributed by atoms with Crippen LogP contribution < -0.4 is 16.0 Å². The Balaban J connectivity index is 1.52. The van der Waals surface area contributed by atoms with Gasteiger partial charge in [0.15, 0.2) is 5.96 Å². The number of ether oxygens (including phenoxy) is 1. The molecule has 8 nitrogen and oxygen atoms in total. The summed E-state index contributed by atoms with van der Waals surface area (Å²) in [5.74, 6) is -0.648. The number of guanidine groups is 1. The van der Waals surface area contributed by atoms with Gasteiger partial charge in [0.25, 0.3) is 0 Å². The minimum absolute atomic E-state index is 0.0117. The van der Waals surface area contributed by atoms with Crippen molar-refractivity contribution in [1.82, 2.24) is 10.2 Å². The molecule has 9 heteroatoms. The number of halogens is 1. The van der Waals surface area contributed by atoms with E-state index in [9.17, 15) is 14.0 Å². The van der Waals surface area contributed by atoms with E-state index in [0.29, 0.717) is 24.3 Å². The van der Waals surface area contributed by atoms with E-state index >= 15 is 0 Å². The Kier molecular flexibility index (Phi) is 5.03. The van der Waals surface area contributed by atoms with Gasteiger partial charge in [-0.15, -0.1) is 0 Å². The van der Waals surface area contributed by atoms with E-state index in [1.807, 2.05) is 18.2 Å². The number of nitrogens with two attached hydrogens (primary N) is 1. The summed E-state index contributed by atoms with van der Waals surface area (Å²) in [5.41, 5.74) is 9.18. The summed E-state index contributed by atoms with van der Waals surface area (Å²) < 4.78 is 20.2. The lowest BCUT2D eigenvalue weighted by Gasteiger charge is -2.15. The van der Waals surface area contributed by atoms with Crippen molar-refractivity contribution in [3.8, 4) is 11.1 Å². The highest BCUT2D eigenvalue weighted by Gasteiger charge is 2.32. The molecule has 2 aliphatic rings. The van der Waals surface area contributed by atoms with Crippen molar-refractivity contribution in [3.63, 3.8) is 0 Å². The average Bonchev–Trinajstić information content (AvgIpc) is 3.29. The van der Waals surface area contributed by atoms with Crippen LogP contribution in [0.1, 0.15) is 18.1 Å². The Hall–Kier alpha value is -3.62. The first-order valence-electron chi connectivity index (χ1n) is 9.55. The van der Waals surface area contributed by atoms with E-state index in [1.54, 1.807) is 17.0 Å². The number of cyclic esters (lactones) is 1. The molecular formula is C21H22FN5O3. The van der Waals surface area contributed by atoms with Crippen LogP contribution in [0.3, 0.4) is 0 Å². The number of hydrogen-bond donors (Lipinski definition) is 3. The molecule has 2 aromatic carbocycles. The Morgan fingerprint density at radius 3 is 2.73 bits per heavy atom. The topological polar surface area (TPSA) is 112 Å². The zero-order valence-corrected chi connectivity index (χ0v) is 16.4. The maximum atomic E-state index is 14.9. The molecule has 2 heterocycles. The predicted molar refractivity (Wildman–Crippen MR) is 109 cm³/mol. The van der Waals surface area contributed by atoms with Crippen LogP contribution in [0.15, 0.2) is 36.4 Å². The number of benzene rings is 2. The Labute approximate surface area is 172 Å². The molecule has 0 aliphatic carbocycles. The summed E-state index contributed by atoms with van der Waals surface area (Å²) in [7, 11) is 0. The molecule has 2 aromatic rings. The molecule has 0 radical (unpaired) electrons. The van der Waals surface area contributed by atoms with Crippen molar-refractivity contribution in [2.75, 3.05) is 18.0 Å². The van der Waals surface area contributed by atoms with E-state index in [0.717, 1.165) is 16.7 Å². The monoisotopic (exact) mass is 411 g/mol. The Bertz CT molecular complexity index is 1040. The second kappa shape index (κ2) is 7.66. The number of hydrogen-bond acceptors (Lipinski definition) is 4. The van der Waals surface area contributed by atoms with Crippen molar-refractivity contribution in [1.29, 1.82) is 5.41 Å². The van der Waals surface area contributed by atoms with E-state index in [2.05, 4.69) is 5.32 Å². The fraction of sp³-hybridized carbons (Fsp3) is 0.286. The molecule has 4 rings (SSSR count). The number of amides is 2. The van der Waals surface area contributed by atoms with Crippen LogP contribution in [0.25, 0.3) is 11.1 Å². The average molecular weight is 411 g/mol. The SMILES string of the molecule is CC(=O)NCC1CN(c2ccc(-c3ccc4c(c3)CN(C(=N)N)C4)c(F)c2)C(=O)O1. The van der Waals surface area contributed by atoms with E-state index in [1.165, 1.54) is 17.9 Å². The summed E-state index contributed by atoms with van der Waals surface area (Å²) in [6.45, 7) is 2.93. The quantitative estimate of drug-likeness (QED) is 0.527. The molecule has 0 aromatic heterocycles. The lowest BCUT2D eigenvalue weighted by atomic mass is 10.00. The standard InChI is InChI=1S/C21H22FN5O3/c1-12(28)25-8-17-11-27(21(29)30-17)16-4-5-18(19(22)7-16)13-2-3-14-9-26(20(23)24)10-15(14)6-13/h2-7,17H,8-11H2,1H3,(H3,23,24)(H,25,28). The van der Waals surface area contributed by atoms with Crippen molar-refractivity contribution in [3.05, 3.63) is 53.3 Å². The molecule has 1 unspecified atom stereocenters. The summed E-state index contributed by atoms with van der Waals surface area (Å²) in [6, 6.07) is 10.3. The third-order valence-corrected chi connectivity index (χ3v) is 5.30. The van der Waals surface area contributed by atoms with Crippen LogP contribution in [-0.2, 0) is 22.6 Å². The number of nitrogens with one attached hydrogen (secondary N) is 2. The van der Waals surface area contributed by atoms with Gasteiger partial charge in [-0.3, -0.25) is 15.1 Å². The first-order chi connectivity index (χ1) is 14.3. The van der Waals surface area contributed by atoms with Gasteiger partial charge >= 0.3 is 6.09 Å². The second-order valence-electron chi connectivity index (χ2n) is 7.44. The molecule has 0 bridgehead atoms. The number of carbonyl (C=O) groups is 2. The highest BCUT2D eigenvalue weighted by molar-refractivity contribution is 5.90. The molecule has 1 fully saturated rings. The first kappa shape index (κ1) is 19.7. The van der Waals surface area contributed by atoms with Crippen LogP contribution in [0.4, 0.5) is 14.9 Å². The molecule has 30 heavy (non-hydrogen) atoms. The van der Waals surface area contributed by atoms with Gasteiger partial charge in [0.05, 0.1) is 18.8 Å². The number of rotatable bonds is 4. The maximum Gasteiger partial charge on any atom is 0.414 e. The maximum absolute atomic E-state index is 14.9. The van der Waals surface area contributed by atoms with Crippen LogP contribution in [0, 0.1) is 11.2 Å². The van der Waals surface area contributed by atoms with Gasteiger partial charge in [0, 0.05) is 25.6 Å². The van der Waals surface area contributed by atoms with Crippen LogP contribution >= 0.6 is 0 Å². The summed E-state index contributed by atoms with van der Waals surface area (Å²) in [5, 5.41) is 10.2. The third-order valence-electron chi connectivity index (χ3n) is 5.30. The molecule has 1 saturated heterocycles. The minimum Gasteiger partial charge on any atom is -0.442 e. The smallest absolute Gasteiger partial charge is 0.414 e. The van der Waals surface area contributed by atoms with Gasteiger partial charge in [0.1, 0.15) is 11.9 Å². The van der Waals surface area contributed by atoms with Crippen LogP contribution in [0.5, 0.6) is 0 Å². The number of carbonyl (C=O) groups excluding carboxylic acids is 2. The fourth-order valence-corrected chi connectivity index (χ4v) is 3.73. The van der Waals surface area contributed by atoms with Gasteiger partial charge in [-0.25, -0.2) is 9.18 Å². The van der Waals surface area contributed by atoms with Gasteiger partial charge < -0.3 is 20.7 Å². The Morgan fingerprint density at radius 2 is 2.03 bits per heavy atom. The molecule has 0 spiro atoms. The lowest BCUT2D eigenvalue weighted by Crippen LogP contribution is -2.33. The summed E-state index contributed by atoms with van der Waals surface area (Å²) in [6.07, 6.45) is -1.05. The Morgan fingerprint density at radius 1 is 1.27 bits per heavy atom. The van der Waals surface area contributed by atoms with Crippen molar-refractivity contribution >= 4 is 23.6 Å².